The van der Waals surface area contributed by atoms with Gasteiger partial charge in [-0.3, -0.25) is 14.1 Å². The first-order valence-electron chi connectivity index (χ1n) is 10.9. The Labute approximate surface area is 210 Å². The molecule has 1 aliphatic rings. The molecular weight excluding hydrogens is 513 g/mol. The maximum Gasteiger partial charge on any atom is 0.421 e. The first-order chi connectivity index (χ1) is 17.2. The highest BCUT2D eigenvalue weighted by molar-refractivity contribution is 7.92. The van der Waals surface area contributed by atoms with Crippen molar-refractivity contribution in [1.29, 1.82) is 0 Å². The number of nitrogens with zero attached hydrogens (tertiary/aromatic N) is 5. The first-order valence-corrected chi connectivity index (χ1v) is 12.7. The molecule has 3 aromatic rings. The molecule has 1 amide bonds. The molecule has 1 aliphatic heterocycles. The van der Waals surface area contributed by atoms with Gasteiger partial charge in [0.15, 0.2) is 5.82 Å². The lowest BCUT2D eigenvalue weighted by Gasteiger charge is -2.21. The van der Waals surface area contributed by atoms with Gasteiger partial charge in [0, 0.05) is 13.2 Å². The lowest BCUT2D eigenvalue weighted by atomic mass is 10.1. The number of alkyl halides is 3. The molecule has 0 radical (unpaired) electrons. The van der Waals surface area contributed by atoms with E-state index in [0.717, 1.165) is 16.1 Å². The number of rotatable bonds is 7. The Morgan fingerprint density at radius 2 is 1.84 bits per heavy atom. The molecule has 0 aliphatic carbocycles. The molecule has 0 atom stereocenters. The van der Waals surface area contributed by atoms with Crippen LogP contribution in [-0.4, -0.2) is 47.6 Å². The Morgan fingerprint density at radius 3 is 2.51 bits per heavy atom. The number of amides is 1. The maximum absolute atomic E-state index is 13.7. The SMILES string of the molecule is Cc1nc(CNc2nc(Nc3cccc4c3NC(=O)C4)ncc2C(F)(F)F)c(N(C)S(C)(=O)=O)nc1C. The van der Waals surface area contributed by atoms with Crippen LogP contribution in [0.3, 0.4) is 0 Å². The minimum absolute atomic E-state index is 0.0188. The predicted octanol–water partition coefficient (Wildman–Crippen LogP) is 3.15. The Bertz CT molecular complexity index is 1500. The number of para-hydroxylation sites is 1. The molecule has 2 aromatic heterocycles. The van der Waals surface area contributed by atoms with E-state index >= 15 is 0 Å². The molecule has 4 rings (SSSR count). The Morgan fingerprint density at radius 1 is 1.14 bits per heavy atom. The van der Waals surface area contributed by atoms with Crippen molar-refractivity contribution < 1.29 is 26.4 Å². The number of hydrogen-bond donors (Lipinski definition) is 3. The Hall–Kier alpha value is -4.01. The summed E-state index contributed by atoms with van der Waals surface area (Å²) in [5.74, 6) is -0.918. The molecule has 0 bridgehead atoms. The molecular formula is C22H23F3N8O3S. The molecule has 11 nitrogen and oxygen atoms in total. The van der Waals surface area contributed by atoms with Gasteiger partial charge in [-0.15, -0.1) is 0 Å². The zero-order chi connectivity index (χ0) is 27.1. The van der Waals surface area contributed by atoms with Crippen LogP contribution >= 0.6 is 0 Å². The highest BCUT2D eigenvalue weighted by Crippen LogP contribution is 2.36. The number of benzene rings is 1. The second-order valence-corrected chi connectivity index (χ2v) is 10.4. The van der Waals surface area contributed by atoms with Gasteiger partial charge in [0.2, 0.25) is 21.9 Å². The van der Waals surface area contributed by atoms with Crippen molar-refractivity contribution in [3.05, 3.63) is 52.6 Å². The van der Waals surface area contributed by atoms with Crippen LogP contribution in [0.15, 0.2) is 24.4 Å². The number of fused-ring (bicyclic) bond motifs is 1. The molecule has 0 unspecified atom stereocenters. The van der Waals surface area contributed by atoms with E-state index in [1.54, 1.807) is 32.0 Å². The van der Waals surface area contributed by atoms with E-state index < -0.39 is 27.6 Å². The fourth-order valence-corrected chi connectivity index (χ4v) is 4.05. The zero-order valence-electron chi connectivity index (χ0n) is 20.2. The third-order valence-corrected chi connectivity index (χ3v) is 6.85. The van der Waals surface area contributed by atoms with Crippen LogP contribution < -0.4 is 20.3 Å². The summed E-state index contributed by atoms with van der Waals surface area (Å²) < 4.78 is 66.3. The molecule has 0 saturated heterocycles. The lowest BCUT2D eigenvalue weighted by molar-refractivity contribution is -0.137. The third kappa shape index (κ3) is 5.55. The quantitative estimate of drug-likeness (QED) is 0.415. The zero-order valence-corrected chi connectivity index (χ0v) is 21.0. The van der Waals surface area contributed by atoms with Crippen LogP contribution in [0.5, 0.6) is 0 Å². The molecule has 37 heavy (non-hydrogen) atoms. The topological polar surface area (TPSA) is 142 Å². The van der Waals surface area contributed by atoms with Crippen molar-refractivity contribution in [3.63, 3.8) is 0 Å². The van der Waals surface area contributed by atoms with E-state index in [0.29, 0.717) is 29.0 Å². The van der Waals surface area contributed by atoms with E-state index in [1.165, 1.54) is 7.05 Å². The number of aromatic nitrogens is 4. The van der Waals surface area contributed by atoms with Crippen molar-refractivity contribution in [2.45, 2.75) is 33.0 Å². The second kappa shape index (κ2) is 9.46. The van der Waals surface area contributed by atoms with Crippen molar-refractivity contribution >= 4 is 44.9 Å². The number of hydrogen-bond acceptors (Lipinski definition) is 9. The van der Waals surface area contributed by atoms with Gasteiger partial charge in [-0.1, -0.05) is 12.1 Å². The highest BCUT2D eigenvalue weighted by atomic mass is 32.2. The molecule has 3 N–H and O–H groups in total. The summed E-state index contributed by atoms with van der Waals surface area (Å²) in [6.07, 6.45) is -2.97. The number of halogens is 3. The summed E-state index contributed by atoms with van der Waals surface area (Å²) in [7, 11) is -2.43. The highest BCUT2D eigenvalue weighted by Gasteiger charge is 2.35. The number of carbonyl (C=O) groups excluding carboxylic acids is 1. The van der Waals surface area contributed by atoms with Crippen molar-refractivity contribution in [3.8, 4) is 0 Å². The second-order valence-electron chi connectivity index (χ2n) is 8.39. The normalized spacial score (nSPS) is 13.2. The van der Waals surface area contributed by atoms with Crippen LogP contribution in [0, 0.1) is 13.8 Å². The maximum atomic E-state index is 13.7. The molecule has 1 aromatic carbocycles. The summed E-state index contributed by atoms with van der Waals surface area (Å²) in [4.78, 5) is 28.2. The van der Waals surface area contributed by atoms with Gasteiger partial charge >= 0.3 is 6.18 Å². The summed E-state index contributed by atoms with van der Waals surface area (Å²) >= 11 is 0. The molecule has 0 saturated carbocycles. The predicted molar refractivity (Wildman–Crippen MR) is 131 cm³/mol. The van der Waals surface area contributed by atoms with Gasteiger partial charge in [-0.2, -0.15) is 18.2 Å². The molecule has 15 heteroatoms. The van der Waals surface area contributed by atoms with Gasteiger partial charge in [0.1, 0.15) is 17.1 Å². The van der Waals surface area contributed by atoms with E-state index in [2.05, 4.69) is 35.9 Å². The smallest absolute Gasteiger partial charge is 0.364 e. The minimum Gasteiger partial charge on any atom is -0.364 e. The van der Waals surface area contributed by atoms with Crippen molar-refractivity contribution in [1.82, 2.24) is 19.9 Å². The van der Waals surface area contributed by atoms with Gasteiger partial charge in [-0.05, 0) is 25.5 Å². The number of nitrogens with one attached hydrogen (secondary N) is 3. The number of anilines is 5. The standard InChI is InChI=1S/C22H23F3N8O3S/c1-11-12(2)29-20(33(3)37(4,35)36)16(28-11)10-26-19-14(22(23,24)25)9-27-21(32-19)30-15-7-5-6-13-8-17(34)31-18(13)15/h5-7,9H,8,10H2,1-4H3,(H,31,34)(H2,26,27,30,32). The minimum atomic E-state index is -4.77. The average molecular weight is 537 g/mol. The van der Waals surface area contributed by atoms with E-state index in [1.807, 2.05) is 0 Å². The summed E-state index contributed by atoms with van der Waals surface area (Å²) in [6, 6.07) is 5.09. The van der Waals surface area contributed by atoms with Gasteiger partial charge in [0.05, 0.1) is 42.0 Å². The lowest BCUT2D eigenvalue weighted by Crippen LogP contribution is -2.28. The summed E-state index contributed by atoms with van der Waals surface area (Å²) in [5, 5.41) is 8.16. The van der Waals surface area contributed by atoms with Crippen LogP contribution in [0.25, 0.3) is 0 Å². The van der Waals surface area contributed by atoms with E-state index in [-0.39, 0.29) is 36.3 Å². The van der Waals surface area contributed by atoms with Crippen LogP contribution in [-0.2, 0) is 34.0 Å². The Kier molecular flexibility index (Phi) is 6.66. The molecule has 3 heterocycles. The van der Waals surface area contributed by atoms with Crippen LogP contribution in [0.2, 0.25) is 0 Å². The van der Waals surface area contributed by atoms with E-state index in [9.17, 15) is 26.4 Å². The number of sulfonamides is 1. The number of aryl methyl sites for hydroxylation is 2. The molecule has 0 spiro atoms. The summed E-state index contributed by atoms with van der Waals surface area (Å²) in [5.41, 5.74) is 1.61. The first kappa shape index (κ1) is 26.1. The molecule has 196 valence electrons. The van der Waals surface area contributed by atoms with Gasteiger partial charge < -0.3 is 16.0 Å². The largest absolute Gasteiger partial charge is 0.421 e. The monoisotopic (exact) mass is 536 g/mol. The Balaban J connectivity index is 1.68. The van der Waals surface area contributed by atoms with Crippen molar-refractivity contribution in [2.75, 3.05) is 33.6 Å². The van der Waals surface area contributed by atoms with Crippen LogP contribution in [0.1, 0.15) is 28.2 Å². The van der Waals surface area contributed by atoms with Gasteiger partial charge in [-0.25, -0.2) is 18.4 Å². The number of carbonyl (C=O) groups is 1. The molecule has 0 fully saturated rings. The third-order valence-electron chi connectivity index (χ3n) is 5.68. The summed E-state index contributed by atoms with van der Waals surface area (Å²) in [6.45, 7) is 2.99. The van der Waals surface area contributed by atoms with E-state index in [4.69, 9.17) is 0 Å². The fourth-order valence-electron chi connectivity index (χ4n) is 3.59. The van der Waals surface area contributed by atoms with Gasteiger partial charge in [0.25, 0.3) is 0 Å². The van der Waals surface area contributed by atoms with Crippen molar-refractivity contribution in [2.24, 2.45) is 0 Å². The average Bonchev–Trinajstić information content (AvgIpc) is 3.19. The fraction of sp³-hybridized carbons (Fsp3) is 0.318. The van der Waals surface area contributed by atoms with Crippen LogP contribution in [0.4, 0.5) is 42.1 Å².